The Hall–Kier alpha value is -3.62. The zero-order valence-electron chi connectivity index (χ0n) is 15.7. The van der Waals surface area contributed by atoms with Gasteiger partial charge in [-0.2, -0.15) is 0 Å². The van der Waals surface area contributed by atoms with Gasteiger partial charge in [0.15, 0.2) is 0 Å². The summed E-state index contributed by atoms with van der Waals surface area (Å²) in [5.74, 6) is -1.02. The molecule has 3 N–H and O–H groups in total. The lowest BCUT2D eigenvalue weighted by Gasteiger charge is -2.15. The van der Waals surface area contributed by atoms with Crippen molar-refractivity contribution in [3.05, 3.63) is 70.3 Å². The van der Waals surface area contributed by atoms with Crippen molar-refractivity contribution in [3.63, 3.8) is 0 Å². The molecule has 0 saturated heterocycles. The number of hydrogen-bond acceptors (Lipinski definition) is 6. The topological polar surface area (TPSA) is 131 Å². The van der Waals surface area contributed by atoms with E-state index in [4.69, 9.17) is 4.74 Å². The normalized spacial score (nSPS) is 11.3. The van der Waals surface area contributed by atoms with E-state index in [0.29, 0.717) is 31.5 Å². The molecule has 0 spiro atoms. The number of carboxylic acids is 1. The van der Waals surface area contributed by atoms with Crippen molar-refractivity contribution < 1.29 is 24.4 Å². The quantitative estimate of drug-likeness (QED) is 0.298. The Kier molecular flexibility index (Phi) is 8.43. The zero-order valence-corrected chi connectivity index (χ0v) is 15.7. The van der Waals surface area contributed by atoms with Gasteiger partial charge in [-0.1, -0.05) is 30.3 Å². The van der Waals surface area contributed by atoms with Gasteiger partial charge in [0.05, 0.1) is 4.92 Å². The van der Waals surface area contributed by atoms with Crippen molar-refractivity contribution in [1.29, 1.82) is 0 Å². The second-order valence-corrected chi connectivity index (χ2v) is 6.32. The fraction of sp³-hybridized carbons (Fsp3) is 0.300. The van der Waals surface area contributed by atoms with E-state index in [1.807, 2.05) is 30.3 Å². The van der Waals surface area contributed by atoms with Gasteiger partial charge < -0.3 is 20.5 Å². The fourth-order valence-electron chi connectivity index (χ4n) is 2.58. The SMILES string of the molecule is O=C(NCCCC[C@H](Nc1ccc([N+](=O)[O-])cc1)C(=O)O)OCc1ccccc1. The monoisotopic (exact) mass is 401 g/mol. The van der Waals surface area contributed by atoms with E-state index in [1.54, 1.807) is 0 Å². The highest BCUT2D eigenvalue weighted by Gasteiger charge is 2.17. The van der Waals surface area contributed by atoms with Crippen molar-refractivity contribution in [2.24, 2.45) is 0 Å². The van der Waals surface area contributed by atoms with E-state index in [0.717, 1.165) is 5.56 Å². The minimum absolute atomic E-state index is 0.0624. The molecule has 0 saturated carbocycles. The van der Waals surface area contributed by atoms with Gasteiger partial charge in [-0.15, -0.1) is 0 Å². The molecule has 0 aliphatic carbocycles. The number of rotatable bonds is 11. The largest absolute Gasteiger partial charge is 0.480 e. The van der Waals surface area contributed by atoms with Crippen LogP contribution in [0.1, 0.15) is 24.8 Å². The Morgan fingerprint density at radius 3 is 2.38 bits per heavy atom. The fourth-order valence-corrected chi connectivity index (χ4v) is 2.58. The molecule has 0 bridgehead atoms. The number of carbonyl (C=O) groups is 2. The molecular formula is C20H23N3O6. The molecule has 2 aromatic carbocycles. The van der Waals surface area contributed by atoms with E-state index < -0.39 is 23.0 Å². The Balaban J connectivity index is 1.66. The number of benzene rings is 2. The summed E-state index contributed by atoms with van der Waals surface area (Å²) in [7, 11) is 0. The number of nitrogens with one attached hydrogen (secondary N) is 2. The molecular weight excluding hydrogens is 378 g/mol. The number of aliphatic carboxylic acids is 1. The van der Waals surface area contributed by atoms with Crippen LogP contribution in [0.25, 0.3) is 0 Å². The summed E-state index contributed by atoms with van der Waals surface area (Å²) in [6.45, 7) is 0.560. The standard InChI is InChI=1S/C20H23N3O6/c24-19(25)18(22-16-9-11-17(12-10-16)23(27)28)8-4-5-13-21-20(26)29-14-15-6-2-1-3-7-15/h1-3,6-7,9-12,18,22H,4-5,8,13-14H2,(H,21,26)(H,24,25)/t18-/m0/s1. The van der Waals surface area contributed by atoms with Gasteiger partial charge in [-0.05, 0) is 37.0 Å². The number of amides is 1. The number of carbonyl (C=O) groups excluding carboxylic acids is 1. The number of nitrogens with zero attached hydrogens (tertiary/aromatic N) is 1. The van der Waals surface area contributed by atoms with Crippen LogP contribution in [0.3, 0.4) is 0 Å². The van der Waals surface area contributed by atoms with Crippen LogP contribution in [-0.4, -0.2) is 34.7 Å². The highest BCUT2D eigenvalue weighted by atomic mass is 16.6. The molecule has 29 heavy (non-hydrogen) atoms. The van der Waals surface area contributed by atoms with Crippen LogP contribution in [0.4, 0.5) is 16.2 Å². The Morgan fingerprint density at radius 1 is 1.07 bits per heavy atom. The summed E-state index contributed by atoms with van der Waals surface area (Å²) in [5, 5.41) is 25.5. The molecule has 9 nitrogen and oxygen atoms in total. The summed E-state index contributed by atoms with van der Waals surface area (Å²) in [6.07, 6.45) is 0.974. The van der Waals surface area contributed by atoms with Gasteiger partial charge in [0, 0.05) is 24.4 Å². The zero-order chi connectivity index (χ0) is 21.1. The number of carboxylic acid groups (broad SMARTS) is 1. The molecule has 1 amide bonds. The van der Waals surface area contributed by atoms with Gasteiger partial charge in [0.2, 0.25) is 0 Å². The third kappa shape index (κ3) is 7.87. The summed E-state index contributed by atoms with van der Waals surface area (Å²) < 4.78 is 5.09. The van der Waals surface area contributed by atoms with Crippen LogP contribution < -0.4 is 10.6 Å². The summed E-state index contributed by atoms with van der Waals surface area (Å²) in [5.41, 5.74) is 1.32. The maximum absolute atomic E-state index is 11.7. The lowest BCUT2D eigenvalue weighted by Crippen LogP contribution is -2.30. The highest BCUT2D eigenvalue weighted by molar-refractivity contribution is 5.77. The minimum Gasteiger partial charge on any atom is -0.480 e. The van der Waals surface area contributed by atoms with Crippen molar-refractivity contribution in [2.45, 2.75) is 31.9 Å². The number of non-ortho nitro benzene ring substituents is 1. The molecule has 154 valence electrons. The van der Waals surface area contributed by atoms with Gasteiger partial charge in [-0.25, -0.2) is 9.59 Å². The second-order valence-electron chi connectivity index (χ2n) is 6.32. The van der Waals surface area contributed by atoms with E-state index in [-0.39, 0.29) is 12.3 Å². The smallest absolute Gasteiger partial charge is 0.407 e. The first-order chi connectivity index (χ1) is 14.0. The first-order valence-corrected chi connectivity index (χ1v) is 9.14. The molecule has 0 aliphatic heterocycles. The van der Waals surface area contributed by atoms with Crippen LogP contribution >= 0.6 is 0 Å². The lowest BCUT2D eigenvalue weighted by molar-refractivity contribution is -0.384. The average Bonchev–Trinajstić information content (AvgIpc) is 2.72. The molecule has 0 fully saturated rings. The van der Waals surface area contributed by atoms with Crippen LogP contribution in [0.5, 0.6) is 0 Å². The number of hydrogen-bond donors (Lipinski definition) is 3. The summed E-state index contributed by atoms with van der Waals surface area (Å²) >= 11 is 0. The van der Waals surface area contributed by atoms with Crippen molar-refractivity contribution in [3.8, 4) is 0 Å². The first kappa shape index (κ1) is 21.7. The van der Waals surface area contributed by atoms with E-state index in [2.05, 4.69) is 10.6 Å². The molecule has 9 heteroatoms. The van der Waals surface area contributed by atoms with E-state index in [1.165, 1.54) is 24.3 Å². The van der Waals surface area contributed by atoms with Crippen LogP contribution in [0, 0.1) is 10.1 Å². The van der Waals surface area contributed by atoms with E-state index in [9.17, 15) is 24.8 Å². The van der Waals surface area contributed by atoms with Crippen molar-refractivity contribution in [2.75, 3.05) is 11.9 Å². The predicted molar refractivity (Wildman–Crippen MR) is 107 cm³/mol. The molecule has 0 aromatic heterocycles. The molecule has 1 atom stereocenters. The van der Waals surface area contributed by atoms with Gasteiger partial charge in [-0.3, -0.25) is 10.1 Å². The molecule has 0 radical (unpaired) electrons. The summed E-state index contributed by atoms with van der Waals surface area (Å²) in [6, 6.07) is 14.1. The molecule has 2 rings (SSSR count). The van der Waals surface area contributed by atoms with Gasteiger partial charge in [0.25, 0.3) is 5.69 Å². The predicted octanol–water partition coefficient (Wildman–Crippen LogP) is 3.56. The van der Waals surface area contributed by atoms with Crippen molar-refractivity contribution >= 4 is 23.4 Å². The Bertz CT molecular complexity index is 811. The Labute approximate surface area is 167 Å². The molecule has 0 heterocycles. The summed E-state index contributed by atoms with van der Waals surface area (Å²) in [4.78, 5) is 33.2. The van der Waals surface area contributed by atoms with Crippen LogP contribution in [0.2, 0.25) is 0 Å². The molecule has 2 aromatic rings. The minimum atomic E-state index is -1.02. The number of alkyl carbamates (subject to hydrolysis) is 1. The maximum atomic E-state index is 11.7. The number of nitro benzene ring substituents is 1. The van der Waals surface area contributed by atoms with E-state index >= 15 is 0 Å². The third-order valence-corrected chi connectivity index (χ3v) is 4.12. The lowest BCUT2D eigenvalue weighted by atomic mass is 10.1. The molecule has 0 aliphatic rings. The maximum Gasteiger partial charge on any atom is 0.407 e. The van der Waals surface area contributed by atoms with Crippen LogP contribution in [-0.2, 0) is 16.1 Å². The number of anilines is 1. The van der Waals surface area contributed by atoms with Crippen molar-refractivity contribution in [1.82, 2.24) is 5.32 Å². The third-order valence-electron chi connectivity index (χ3n) is 4.12. The van der Waals surface area contributed by atoms with Crippen LogP contribution in [0.15, 0.2) is 54.6 Å². The average molecular weight is 401 g/mol. The molecule has 0 unspecified atom stereocenters. The first-order valence-electron chi connectivity index (χ1n) is 9.14. The number of nitro groups is 1. The number of ether oxygens (including phenoxy) is 1. The Morgan fingerprint density at radius 2 is 1.76 bits per heavy atom. The van der Waals surface area contributed by atoms with Gasteiger partial charge >= 0.3 is 12.1 Å². The second kappa shape index (κ2) is 11.3. The highest BCUT2D eigenvalue weighted by Crippen LogP contribution is 2.17. The van der Waals surface area contributed by atoms with Gasteiger partial charge in [0.1, 0.15) is 12.6 Å². The number of unbranched alkanes of at least 4 members (excludes halogenated alkanes) is 1.